The molecule has 1 heterocycles. The van der Waals surface area contributed by atoms with Gasteiger partial charge in [-0.2, -0.15) is 0 Å². The average molecular weight is 205 g/mol. The van der Waals surface area contributed by atoms with Crippen LogP contribution in [0.5, 0.6) is 0 Å². The van der Waals surface area contributed by atoms with Crippen molar-refractivity contribution in [2.45, 2.75) is 25.9 Å². The summed E-state index contributed by atoms with van der Waals surface area (Å²) in [4.78, 5) is 11.1. The minimum Gasteiger partial charge on any atom is -0.481 e. The number of halogens is 1. The lowest BCUT2D eigenvalue weighted by Crippen LogP contribution is -2.36. The van der Waals surface area contributed by atoms with Crippen LogP contribution in [0.4, 0.5) is 0 Å². The monoisotopic (exact) mass is 204 g/mol. The summed E-state index contributed by atoms with van der Waals surface area (Å²) < 4.78 is 5.27. The Morgan fingerprint density at radius 3 is 2.92 bits per heavy atom. The largest absolute Gasteiger partial charge is 0.481 e. The minimum atomic E-state index is -0.799. The standard InChI is InChI=1S/C9H13ClO3/c1-7-9(8(11)12,3-2-5-10)4-6-13-7/h2,5,7H,3-4,6H2,1H3,(H,11,12)/b5-2+. The lowest BCUT2D eigenvalue weighted by molar-refractivity contribution is -0.151. The molecule has 0 aromatic heterocycles. The van der Waals surface area contributed by atoms with Gasteiger partial charge in [0.25, 0.3) is 0 Å². The second kappa shape index (κ2) is 4.11. The number of carboxylic acid groups (broad SMARTS) is 1. The van der Waals surface area contributed by atoms with Crippen LogP contribution in [0.25, 0.3) is 0 Å². The molecule has 0 saturated carbocycles. The predicted octanol–water partition coefficient (Wildman–Crippen LogP) is 2.01. The van der Waals surface area contributed by atoms with Gasteiger partial charge < -0.3 is 9.84 Å². The van der Waals surface area contributed by atoms with Crippen molar-refractivity contribution in [3.8, 4) is 0 Å². The van der Waals surface area contributed by atoms with E-state index in [1.54, 1.807) is 13.0 Å². The fraction of sp³-hybridized carbons (Fsp3) is 0.667. The van der Waals surface area contributed by atoms with Gasteiger partial charge in [0, 0.05) is 12.1 Å². The summed E-state index contributed by atoms with van der Waals surface area (Å²) in [6.07, 6.45) is 2.43. The molecule has 0 bridgehead atoms. The lowest BCUT2D eigenvalue weighted by atomic mass is 9.79. The number of ether oxygens (including phenoxy) is 1. The van der Waals surface area contributed by atoms with Crippen molar-refractivity contribution in [3.05, 3.63) is 11.6 Å². The molecule has 1 saturated heterocycles. The fourth-order valence-corrected chi connectivity index (χ4v) is 1.76. The highest BCUT2D eigenvalue weighted by molar-refractivity contribution is 6.25. The molecule has 1 aliphatic heterocycles. The van der Waals surface area contributed by atoms with E-state index in [4.69, 9.17) is 21.4 Å². The van der Waals surface area contributed by atoms with E-state index in [1.807, 2.05) is 0 Å². The van der Waals surface area contributed by atoms with Crippen LogP contribution in [0, 0.1) is 5.41 Å². The molecule has 4 heteroatoms. The molecule has 13 heavy (non-hydrogen) atoms. The van der Waals surface area contributed by atoms with Crippen molar-refractivity contribution in [3.63, 3.8) is 0 Å². The van der Waals surface area contributed by atoms with Gasteiger partial charge >= 0.3 is 5.97 Å². The van der Waals surface area contributed by atoms with E-state index in [0.29, 0.717) is 19.4 Å². The van der Waals surface area contributed by atoms with Gasteiger partial charge in [0.15, 0.2) is 0 Å². The van der Waals surface area contributed by atoms with Gasteiger partial charge in [-0.25, -0.2) is 0 Å². The maximum Gasteiger partial charge on any atom is 0.312 e. The summed E-state index contributed by atoms with van der Waals surface area (Å²) in [5.74, 6) is -0.799. The smallest absolute Gasteiger partial charge is 0.312 e. The number of allylic oxidation sites excluding steroid dienone is 1. The van der Waals surface area contributed by atoms with E-state index < -0.39 is 11.4 Å². The summed E-state index contributed by atoms with van der Waals surface area (Å²) in [6, 6.07) is 0. The Labute approximate surface area is 82.3 Å². The molecule has 3 nitrogen and oxygen atoms in total. The molecule has 0 aromatic carbocycles. The zero-order valence-electron chi connectivity index (χ0n) is 7.50. The van der Waals surface area contributed by atoms with Gasteiger partial charge in [-0.1, -0.05) is 17.7 Å². The maximum absolute atomic E-state index is 11.1. The van der Waals surface area contributed by atoms with Crippen LogP contribution < -0.4 is 0 Å². The van der Waals surface area contributed by atoms with Gasteiger partial charge in [-0.15, -0.1) is 0 Å². The Balaban J connectivity index is 2.80. The Kier molecular flexibility index (Phi) is 3.33. The molecular weight excluding hydrogens is 192 g/mol. The van der Waals surface area contributed by atoms with Crippen LogP contribution in [-0.2, 0) is 9.53 Å². The first-order chi connectivity index (χ1) is 6.13. The van der Waals surface area contributed by atoms with E-state index in [0.717, 1.165) is 0 Å². The van der Waals surface area contributed by atoms with Crippen molar-refractivity contribution >= 4 is 17.6 Å². The molecule has 1 N–H and O–H groups in total. The highest BCUT2D eigenvalue weighted by atomic mass is 35.5. The van der Waals surface area contributed by atoms with Gasteiger partial charge in [0.2, 0.25) is 0 Å². The summed E-state index contributed by atoms with van der Waals surface area (Å²) in [5.41, 5.74) is 0.584. The van der Waals surface area contributed by atoms with Crippen molar-refractivity contribution in [1.82, 2.24) is 0 Å². The Morgan fingerprint density at radius 1 is 1.85 bits per heavy atom. The molecule has 0 spiro atoms. The van der Waals surface area contributed by atoms with Gasteiger partial charge in [-0.05, 0) is 19.8 Å². The number of hydrogen-bond acceptors (Lipinski definition) is 2. The third-order valence-electron chi connectivity index (χ3n) is 2.69. The summed E-state index contributed by atoms with van der Waals surface area (Å²) in [7, 11) is 0. The Morgan fingerprint density at radius 2 is 2.54 bits per heavy atom. The maximum atomic E-state index is 11.1. The minimum absolute atomic E-state index is 0.238. The Hall–Kier alpha value is -0.540. The third kappa shape index (κ3) is 1.86. The van der Waals surface area contributed by atoms with E-state index in [-0.39, 0.29) is 6.10 Å². The van der Waals surface area contributed by atoms with E-state index in [9.17, 15) is 4.79 Å². The molecule has 1 aliphatic rings. The number of hydrogen-bond donors (Lipinski definition) is 1. The molecular formula is C9H13ClO3. The zero-order chi connectivity index (χ0) is 9.90. The number of aliphatic carboxylic acids is 1. The summed E-state index contributed by atoms with van der Waals surface area (Å²) >= 11 is 5.38. The summed E-state index contributed by atoms with van der Waals surface area (Å²) in [5, 5.41) is 9.10. The topological polar surface area (TPSA) is 46.5 Å². The normalized spacial score (nSPS) is 34.2. The highest BCUT2D eigenvalue weighted by Crippen LogP contribution is 2.38. The fourth-order valence-electron chi connectivity index (χ4n) is 1.67. The van der Waals surface area contributed by atoms with Crippen molar-refractivity contribution in [2.75, 3.05) is 6.61 Å². The molecule has 2 unspecified atom stereocenters. The van der Waals surface area contributed by atoms with Crippen LogP contribution in [0.1, 0.15) is 19.8 Å². The average Bonchev–Trinajstić information content (AvgIpc) is 2.45. The quantitative estimate of drug-likeness (QED) is 0.765. The molecule has 0 aromatic rings. The predicted molar refractivity (Wildman–Crippen MR) is 49.7 cm³/mol. The zero-order valence-corrected chi connectivity index (χ0v) is 8.25. The molecule has 0 aliphatic carbocycles. The van der Waals surface area contributed by atoms with Crippen LogP contribution in [0.3, 0.4) is 0 Å². The first-order valence-electron chi connectivity index (χ1n) is 4.24. The molecule has 1 rings (SSSR count). The highest BCUT2D eigenvalue weighted by Gasteiger charge is 2.47. The van der Waals surface area contributed by atoms with Crippen molar-refractivity contribution < 1.29 is 14.6 Å². The molecule has 0 amide bonds. The van der Waals surface area contributed by atoms with Crippen LogP contribution in [0.15, 0.2) is 11.6 Å². The summed E-state index contributed by atoms with van der Waals surface area (Å²) in [6.45, 7) is 2.31. The lowest BCUT2D eigenvalue weighted by Gasteiger charge is -2.25. The first kappa shape index (κ1) is 10.5. The van der Waals surface area contributed by atoms with Crippen LogP contribution in [0.2, 0.25) is 0 Å². The SMILES string of the molecule is CC1OCCC1(C/C=C/Cl)C(=O)O. The molecule has 74 valence electrons. The van der Waals surface area contributed by atoms with Gasteiger partial charge in [0.05, 0.1) is 11.5 Å². The second-order valence-electron chi connectivity index (χ2n) is 3.29. The van der Waals surface area contributed by atoms with E-state index >= 15 is 0 Å². The van der Waals surface area contributed by atoms with Gasteiger partial charge in [0.1, 0.15) is 0 Å². The van der Waals surface area contributed by atoms with Crippen LogP contribution >= 0.6 is 11.6 Å². The Bertz CT molecular complexity index is 227. The van der Waals surface area contributed by atoms with Crippen molar-refractivity contribution in [2.24, 2.45) is 5.41 Å². The second-order valence-corrected chi connectivity index (χ2v) is 3.54. The first-order valence-corrected chi connectivity index (χ1v) is 4.67. The van der Waals surface area contributed by atoms with Crippen molar-refractivity contribution in [1.29, 1.82) is 0 Å². The number of rotatable bonds is 3. The number of carboxylic acids is 1. The van der Waals surface area contributed by atoms with E-state index in [2.05, 4.69) is 0 Å². The van der Waals surface area contributed by atoms with E-state index in [1.165, 1.54) is 5.54 Å². The van der Waals surface area contributed by atoms with Crippen LogP contribution in [-0.4, -0.2) is 23.8 Å². The third-order valence-corrected chi connectivity index (χ3v) is 2.87. The molecule has 1 fully saturated rings. The molecule has 0 radical (unpaired) electrons. The molecule has 2 atom stereocenters. The van der Waals surface area contributed by atoms with Gasteiger partial charge in [-0.3, -0.25) is 4.79 Å². The number of carbonyl (C=O) groups is 1.